The van der Waals surface area contributed by atoms with Crippen molar-refractivity contribution < 1.29 is 0 Å². The first-order valence-corrected chi connectivity index (χ1v) is 12.1. The number of thiocarbonyl (C=S) groups is 2. The minimum absolute atomic E-state index is 0.0949. The molecule has 0 spiro atoms. The second kappa shape index (κ2) is 11.6. The first kappa shape index (κ1) is 24.4. The van der Waals surface area contributed by atoms with Crippen LogP contribution in [0.3, 0.4) is 0 Å². The van der Waals surface area contributed by atoms with Crippen LogP contribution < -0.4 is 21.3 Å². The van der Waals surface area contributed by atoms with E-state index in [4.69, 9.17) is 24.4 Å². The lowest BCUT2D eigenvalue weighted by Crippen LogP contribution is -2.30. The van der Waals surface area contributed by atoms with Crippen LogP contribution in [0, 0.1) is 0 Å². The molecule has 0 aliphatic rings. The van der Waals surface area contributed by atoms with Gasteiger partial charge in [-0.25, -0.2) is 9.36 Å². The number of rotatable bonds is 8. The normalized spacial score (nSPS) is 12.4. The third-order valence-electron chi connectivity index (χ3n) is 5.37. The highest BCUT2D eigenvalue weighted by atomic mass is 32.1. The number of nitrogens with one attached hydrogen (secondary N) is 4. The fraction of sp³-hybridized carbons (Fsp3) is 0.200. The summed E-state index contributed by atoms with van der Waals surface area (Å²) in [5.41, 5.74) is 3.93. The molecule has 0 unspecified atom stereocenters. The van der Waals surface area contributed by atoms with E-state index < -0.39 is 0 Å². The largest absolute Gasteiger partial charge is 0.356 e. The Morgan fingerprint density at radius 2 is 1.11 bits per heavy atom. The lowest BCUT2D eigenvalue weighted by Gasteiger charge is -2.16. The molecule has 180 valence electrons. The van der Waals surface area contributed by atoms with Crippen LogP contribution in [0.4, 0.5) is 11.4 Å². The van der Waals surface area contributed by atoms with Gasteiger partial charge in [0.25, 0.3) is 0 Å². The molecule has 2 heterocycles. The quantitative estimate of drug-likeness (QED) is 0.258. The van der Waals surface area contributed by atoms with Gasteiger partial charge in [-0.05, 0) is 49.4 Å². The van der Waals surface area contributed by atoms with Crippen molar-refractivity contribution in [1.29, 1.82) is 0 Å². The SMILES string of the molecule is C[C@H](NC(=S)Nc1cnn(Cn2cc(NC(=S)N[C@H](C)c3ccccc3)cn2)c1)c1ccccc1. The molecular formula is C25H28N8S2. The highest BCUT2D eigenvalue weighted by Gasteiger charge is 2.09. The smallest absolute Gasteiger partial charge is 0.171 e. The van der Waals surface area contributed by atoms with Crippen molar-refractivity contribution in [1.82, 2.24) is 30.2 Å². The second-order valence-corrected chi connectivity index (χ2v) is 8.96. The van der Waals surface area contributed by atoms with E-state index in [1.165, 1.54) is 11.1 Å². The maximum atomic E-state index is 5.45. The Labute approximate surface area is 215 Å². The molecular weight excluding hydrogens is 476 g/mol. The monoisotopic (exact) mass is 504 g/mol. The van der Waals surface area contributed by atoms with Gasteiger partial charge in [0, 0.05) is 0 Å². The summed E-state index contributed by atoms with van der Waals surface area (Å²) in [4.78, 5) is 0. The molecule has 4 aromatic rings. The molecule has 0 amide bonds. The van der Waals surface area contributed by atoms with Gasteiger partial charge < -0.3 is 21.3 Å². The maximum absolute atomic E-state index is 5.45. The van der Waals surface area contributed by atoms with Gasteiger partial charge in [0.05, 0.1) is 48.2 Å². The minimum atomic E-state index is 0.0949. The van der Waals surface area contributed by atoms with E-state index in [2.05, 4.69) is 69.6 Å². The highest BCUT2D eigenvalue weighted by molar-refractivity contribution is 7.80. The summed E-state index contributed by atoms with van der Waals surface area (Å²) in [5, 5.41) is 22.8. The molecule has 0 bridgehead atoms. The fourth-order valence-electron chi connectivity index (χ4n) is 3.54. The van der Waals surface area contributed by atoms with Gasteiger partial charge in [-0.15, -0.1) is 0 Å². The predicted octanol–water partition coefficient (Wildman–Crippen LogP) is 4.68. The van der Waals surface area contributed by atoms with Gasteiger partial charge in [-0.3, -0.25) is 0 Å². The Balaban J connectivity index is 1.25. The van der Waals surface area contributed by atoms with Crippen molar-refractivity contribution in [3.63, 3.8) is 0 Å². The summed E-state index contributed by atoms with van der Waals surface area (Å²) in [5.74, 6) is 0. The van der Waals surface area contributed by atoms with Crippen molar-refractivity contribution in [3.8, 4) is 0 Å². The number of nitrogens with zero attached hydrogens (tertiary/aromatic N) is 4. The average molecular weight is 505 g/mol. The molecule has 0 radical (unpaired) electrons. The molecule has 8 nitrogen and oxygen atoms in total. The van der Waals surface area contributed by atoms with E-state index in [9.17, 15) is 0 Å². The second-order valence-electron chi connectivity index (χ2n) is 8.14. The van der Waals surface area contributed by atoms with Crippen LogP contribution in [-0.4, -0.2) is 29.8 Å². The summed E-state index contributed by atoms with van der Waals surface area (Å²) >= 11 is 10.9. The Morgan fingerprint density at radius 1 is 0.714 bits per heavy atom. The van der Waals surface area contributed by atoms with E-state index in [1.807, 2.05) is 48.8 Å². The van der Waals surface area contributed by atoms with E-state index in [0.29, 0.717) is 16.9 Å². The van der Waals surface area contributed by atoms with Crippen LogP contribution in [0.5, 0.6) is 0 Å². The van der Waals surface area contributed by atoms with Crippen molar-refractivity contribution in [2.45, 2.75) is 32.6 Å². The number of hydrogen-bond donors (Lipinski definition) is 4. The Kier molecular flexibility index (Phi) is 8.07. The van der Waals surface area contributed by atoms with Crippen LogP contribution in [0.2, 0.25) is 0 Å². The van der Waals surface area contributed by atoms with Crippen LogP contribution in [-0.2, 0) is 6.67 Å². The Hall–Kier alpha value is -3.76. The molecule has 2 aromatic heterocycles. The van der Waals surface area contributed by atoms with E-state index in [-0.39, 0.29) is 12.1 Å². The molecule has 4 N–H and O–H groups in total. The molecule has 0 aliphatic carbocycles. The Morgan fingerprint density at radius 3 is 1.51 bits per heavy atom. The third-order valence-corrected chi connectivity index (χ3v) is 5.81. The maximum Gasteiger partial charge on any atom is 0.171 e. The zero-order chi connectivity index (χ0) is 24.6. The standard InChI is InChI=1S/C25H28N8S2/c1-18(20-9-5-3-6-10-20)28-24(34)30-22-13-26-32(15-22)17-33-16-23(14-27-33)31-25(35)29-19(2)21-11-7-4-8-12-21/h3-16,18-19H,17H2,1-2H3,(H2,28,30,34)(H2,29,31,35)/t18-,19+. The van der Waals surface area contributed by atoms with Crippen LogP contribution in [0.1, 0.15) is 37.1 Å². The van der Waals surface area contributed by atoms with Gasteiger partial charge in [0.15, 0.2) is 10.2 Å². The lowest BCUT2D eigenvalue weighted by molar-refractivity contribution is 0.503. The number of benzene rings is 2. The zero-order valence-corrected chi connectivity index (χ0v) is 21.2. The van der Waals surface area contributed by atoms with Crippen molar-refractivity contribution in [3.05, 3.63) is 96.6 Å². The zero-order valence-electron chi connectivity index (χ0n) is 19.6. The molecule has 2 atom stereocenters. The van der Waals surface area contributed by atoms with E-state index in [1.54, 1.807) is 21.8 Å². The molecule has 0 aliphatic heterocycles. The molecule has 10 heteroatoms. The predicted molar refractivity (Wildman–Crippen MR) is 148 cm³/mol. The highest BCUT2D eigenvalue weighted by Crippen LogP contribution is 2.14. The van der Waals surface area contributed by atoms with Crippen LogP contribution >= 0.6 is 24.4 Å². The molecule has 0 saturated carbocycles. The summed E-state index contributed by atoms with van der Waals surface area (Å²) in [7, 11) is 0. The van der Waals surface area contributed by atoms with Gasteiger partial charge in [0.2, 0.25) is 0 Å². The van der Waals surface area contributed by atoms with E-state index >= 15 is 0 Å². The third kappa shape index (κ3) is 7.11. The molecule has 4 rings (SSSR count). The Bertz CT molecular complexity index is 1150. The van der Waals surface area contributed by atoms with Gasteiger partial charge in [0.1, 0.15) is 6.67 Å². The number of hydrogen-bond acceptors (Lipinski definition) is 4. The van der Waals surface area contributed by atoms with Crippen molar-refractivity contribution in [2.24, 2.45) is 0 Å². The topological polar surface area (TPSA) is 83.8 Å². The fourth-order valence-corrected chi connectivity index (χ4v) is 4.13. The average Bonchev–Trinajstić information content (AvgIpc) is 3.49. The van der Waals surface area contributed by atoms with Crippen LogP contribution in [0.15, 0.2) is 85.5 Å². The molecule has 0 fully saturated rings. The van der Waals surface area contributed by atoms with Crippen molar-refractivity contribution >= 4 is 46.0 Å². The summed E-state index contributed by atoms with van der Waals surface area (Å²) in [6.07, 6.45) is 7.22. The first-order valence-electron chi connectivity index (χ1n) is 11.3. The molecule has 0 saturated heterocycles. The minimum Gasteiger partial charge on any atom is -0.356 e. The summed E-state index contributed by atoms with van der Waals surface area (Å²) < 4.78 is 3.55. The molecule has 2 aromatic carbocycles. The van der Waals surface area contributed by atoms with Gasteiger partial charge >= 0.3 is 0 Å². The van der Waals surface area contributed by atoms with Crippen molar-refractivity contribution in [2.75, 3.05) is 10.6 Å². The van der Waals surface area contributed by atoms with Gasteiger partial charge in [-0.2, -0.15) is 10.2 Å². The lowest BCUT2D eigenvalue weighted by atomic mass is 10.1. The summed E-state index contributed by atoms with van der Waals surface area (Å²) in [6.45, 7) is 4.59. The number of anilines is 2. The van der Waals surface area contributed by atoms with Crippen LogP contribution in [0.25, 0.3) is 0 Å². The summed E-state index contributed by atoms with van der Waals surface area (Å²) in [6, 6.07) is 20.5. The number of aromatic nitrogens is 4. The van der Waals surface area contributed by atoms with Gasteiger partial charge in [-0.1, -0.05) is 60.7 Å². The molecule has 35 heavy (non-hydrogen) atoms. The van der Waals surface area contributed by atoms with E-state index in [0.717, 1.165) is 11.4 Å². The first-order chi connectivity index (χ1) is 17.0.